The Kier molecular flexibility index (Phi) is 7.68. The van der Waals surface area contributed by atoms with Gasteiger partial charge in [0.1, 0.15) is 5.75 Å². The summed E-state index contributed by atoms with van der Waals surface area (Å²) in [6.07, 6.45) is 2.89. The van der Waals surface area contributed by atoms with Gasteiger partial charge in [0, 0.05) is 36.7 Å². The summed E-state index contributed by atoms with van der Waals surface area (Å²) in [5.41, 5.74) is 3.41. The molecule has 21 heavy (non-hydrogen) atoms. The third-order valence-corrected chi connectivity index (χ3v) is 4.04. The highest BCUT2D eigenvalue weighted by molar-refractivity contribution is 5.41. The van der Waals surface area contributed by atoms with Gasteiger partial charge in [-0.15, -0.1) is 0 Å². The highest BCUT2D eigenvalue weighted by Crippen LogP contribution is 2.26. The van der Waals surface area contributed by atoms with E-state index in [1.165, 1.54) is 5.56 Å². The van der Waals surface area contributed by atoms with Gasteiger partial charge in [0.15, 0.2) is 0 Å². The molecule has 1 unspecified atom stereocenters. The lowest BCUT2D eigenvalue weighted by atomic mass is 9.89. The number of hydrogen-bond acceptors (Lipinski definition) is 4. The molecule has 4 nitrogen and oxygen atoms in total. The van der Waals surface area contributed by atoms with E-state index in [-0.39, 0.29) is 0 Å². The molecular weight excluding hydrogens is 264 g/mol. The molecule has 0 fully saturated rings. The number of aryl methyl sites for hydroxylation is 1. The summed E-state index contributed by atoms with van der Waals surface area (Å²) in [7, 11) is 3.46. The van der Waals surface area contributed by atoms with Crippen LogP contribution in [0.25, 0.3) is 0 Å². The van der Waals surface area contributed by atoms with E-state index in [1.807, 2.05) is 13.1 Å². The maximum atomic E-state index is 5.50. The Morgan fingerprint density at radius 3 is 2.52 bits per heavy atom. The van der Waals surface area contributed by atoms with Crippen LogP contribution in [-0.2, 0) is 11.2 Å². The lowest BCUT2D eigenvalue weighted by Crippen LogP contribution is -2.30. The smallest absolute Gasteiger partial charge is 0.128 e. The number of rotatable bonds is 9. The number of pyridine rings is 1. The molecular formula is C17H30N2O2. The lowest BCUT2D eigenvalue weighted by Gasteiger charge is -2.22. The fourth-order valence-corrected chi connectivity index (χ4v) is 2.53. The second-order valence-electron chi connectivity index (χ2n) is 5.95. The van der Waals surface area contributed by atoms with Gasteiger partial charge >= 0.3 is 0 Å². The molecule has 1 aromatic rings. The maximum Gasteiger partial charge on any atom is 0.128 e. The van der Waals surface area contributed by atoms with Gasteiger partial charge < -0.3 is 14.8 Å². The maximum absolute atomic E-state index is 5.50. The quantitative estimate of drug-likeness (QED) is 0.711. The summed E-state index contributed by atoms with van der Waals surface area (Å²) in [6, 6.07) is 0. The van der Waals surface area contributed by atoms with E-state index in [4.69, 9.17) is 9.47 Å². The first-order valence-electron chi connectivity index (χ1n) is 7.69. The van der Waals surface area contributed by atoms with Crippen molar-refractivity contribution in [2.75, 3.05) is 33.9 Å². The normalized spacial score (nSPS) is 12.7. The fourth-order valence-electron chi connectivity index (χ4n) is 2.53. The number of methoxy groups -OCH3 is 2. The van der Waals surface area contributed by atoms with Crippen molar-refractivity contribution >= 4 is 0 Å². The van der Waals surface area contributed by atoms with Gasteiger partial charge in [-0.3, -0.25) is 4.98 Å². The molecule has 0 spiro atoms. The molecule has 0 aliphatic heterocycles. The van der Waals surface area contributed by atoms with Crippen LogP contribution >= 0.6 is 0 Å². The molecule has 0 bridgehead atoms. The Morgan fingerprint density at radius 2 is 1.95 bits per heavy atom. The zero-order chi connectivity index (χ0) is 15.8. The van der Waals surface area contributed by atoms with E-state index >= 15 is 0 Å². The minimum Gasteiger partial charge on any atom is -0.496 e. The number of hydrogen-bond donors (Lipinski definition) is 1. The molecule has 0 aliphatic carbocycles. The van der Waals surface area contributed by atoms with Crippen LogP contribution in [0, 0.1) is 25.7 Å². The predicted octanol–water partition coefficient (Wildman–Crippen LogP) is 2.76. The van der Waals surface area contributed by atoms with Crippen molar-refractivity contribution in [1.29, 1.82) is 0 Å². The van der Waals surface area contributed by atoms with Crippen LogP contribution in [0.2, 0.25) is 0 Å². The van der Waals surface area contributed by atoms with Crippen molar-refractivity contribution in [3.63, 3.8) is 0 Å². The lowest BCUT2D eigenvalue weighted by molar-refractivity contribution is 0.196. The van der Waals surface area contributed by atoms with E-state index in [0.29, 0.717) is 11.8 Å². The monoisotopic (exact) mass is 294 g/mol. The van der Waals surface area contributed by atoms with Gasteiger partial charge in [-0.1, -0.05) is 13.8 Å². The van der Waals surface area contributed by atoms with Gasteiger partial charge in [0.2, 0.25) is 0 Å². The summed E-state index contributed by atoms with van der Waals surface area (Å²) in [4.78, 5) is 4.62. The highest BCUT2D eigenvalue weighted by atomic mass is 16.5. The van der Waals surface area contributed by atoms with Gasteiger partial charge in [-0.2, -0.15) is 0 Å². The molecule has 1 aromatic heterocycles. The molecule has 1 rings (SSSR count). The van der Waals surface area contributed by atoms with Gasteiger partial charge in [-0.25, -0.2) is 0 Å². The van der Waals surface area contributed by atoms with Crippen LogP contribution < -0.4 is 10.1 Å². The highest BCUT2D eigenvalue weighted by Gasteiger charge is 2.18. The Bertz CT molecular complexity index is 433. The molecule has 1 atom stereocenters. The molecule has 1 N–H and O–H groups in total. The summed E-state index contributed by atoms with van der Waals surface area (Å²) in [5, 5.41) is 3.46. The second kappa shape index (κ2) is 9.00. The second-order valence-corrected chi connectivity index (χ2v) is 5.95. The van der Waals surface area contributed by atoms with Gasteiger partial charge in [-0.05, 0) is 38.6 Å². The van der Waals surface area contributed by atoms with Gasteiger partial charge in [0.25, 0.3) is 0 Å². The summed E-state index contributed by atoms with van der Waals surface area (Å²) in [6.45, 7) is 11.3. The topological polar surface area (TPSA) is 43.4 Å². The Balaban J connectivity index is 2.75. The minimum atomic E-state index is 0.556. The summed E-state index contributed by atoms with van der Waals surface area (Å²) in [5.74, 6) is 2.13. The predicted molar refractivity (Wildman–Crippen MR) is 87.0 cm³/mol. The van der Waals surface area contributed by atoms with Crippen LogP contribution in [0.1, 0.15) is 30.7 Å². The SMILES string of the molecule is COCCNCC(Cc1ncc(C)c(OC)c1C)C(C)C. The summed E-state index contributed by atoms with van der Waals surface area (Å²) >= 11 is 0. The zero-order valence-corrected chi connectivity index (χ0v) is 14.3. The van der Waals surface area contributed by atoms with E-state index in [2.05, 4.69) is 31.1 Å². The first-order chi connectivity index (χ1) is 10.0. The Labute approximate surface area is 129 Å². The van der Waals surface area contributed by atoms with E-state index in [9.17, 15) is 0 Å². The van der Waals surface area contributed by atoms with Crippen molar-refractivity contribution in [1.82, 2.24) is 10.3 Å². The fraction of sp³-hybridized carbons (Fsp3) is 0.706. The van der Waals surface area contributed by atoms with Crippen LogP contribution in [0.4, 0.5) is 0 Å². The van der Waals surface area contributed by atoms with Gasteiger partial charge in [0.05, 0.1) is 13.7 Å². The molecule has 0 radical (unpaired) electrons. The average molecular weight is 294 g/mol. The molecule has 0 aromatic carbocycles. The van der Waals surface area contributed by atoms with Crippen molar-refractivity contribution in [2.24, 2.45) is 11.8 Å². The van der Waals surface area contributed by atoms with Crippen molar-refractivity contribution in [3.05, 3.63) is 23.0 Å². The first-order valence-corrected chi connectivity index (χ1v) is 7.69. The number of nitrogens with zero attached hydrogens (tertiary/aromatic N) is 1. The van der Waals surface area contributed by atoms with Crippen molar-refractivity contribution < 1.29 is 9.47 Å². The first kappa shape index (κ1) is 17.9. The molecule has 120 valence electrons. The molecule has 1 heterocycles. The molecule has 0 aliphatic rings. The Hall–Kier alpha value is -1.13. The van der Waals surface area contributed by atoms with E-state index in [1.54, 1.807) is 14.2 Å². The number of ether oxygens (including phenoxy) is 2. The molecule has 0 saturated carbocycles. The molecule has 4 heteroatoms. The molecule has 0 saturated heterocycles. The minimum absolute atomic E-state index is 0.556. The van der Waals surface area contributed by atoms with E-state index in [0.717, 1.165) is 43.1 Å². The number of aromatic nitrogens is 1. The third-order valence-electron chi connectivity index (χ3n) is 4.04. The number of nitrogens with one attached hydrogen (secondary N) is 1. The standard InChI is InChI=1S/C17H30N2O2/c1-12(2)15(11-18-7-8-20-5)9-16-14(4)17(21-6)13(3)10-19-16/h10,12,15,18H,7-9,11H2,1-6H3. The van der Waals surface area contributed by atoms with Crippen LogP contribution in [-0.4, -0.2) is 38.9 Å². The van der Waals surface area contributed by atoms with Crippen LogP contribution in [0.15, 0.2) is 6.20 Å². The third kappa shape index (κ3) is 5.29. The zero-order valence-electron chi connectivity index (χ0n) is 14.3. The Morgan fingerprint density at radius 1 is 1.24 bits per heavy atom. The van der Waals surface area contributed by atoms with Crippen molar-refractivity contribution in [3.8, 4) is 5.75 Å². The largest absolute Gasteiger partial charge is 0.496 e. The van der Waals surface area contributed by atoms with Crippen molar-refractivity contribution in [2.45, 2.75) is 34.1 Å². The van der Waals surface area contributed by atoms with Crippen LogP contribution in [0.5, 0.6) is 5.75 Å². The molecule has 0 amide bonds. The van der Waals surface area contributed by atoms with Crippen LogP contribution in [0.3, 0.4) is 0 Å². The summed E-state index contributed by atoms with van der Waals surface area (Å²) < 4.78 is 10.6. The average Bonchev–Trinajstić information content (AvgIpc) is 2.45. The van der Waals surface area contributed by atoms with E-state index < -0.39 is 0 Å².